The number of hydrogen-bond acceptors (Lipinski definition) is 2. The van der Waals surface area contributed by atoms with Gasteiger partial charge in [0.05, 0.1) is 5.69 Å². The summed E-state index contributed by atoms with van der Waals surface area (Å²) in [7, 11) is 0. The zero-order valence-corrected chi connectivity index (χ0v) is 8.84. The first kappa shape index (κ1) is 13.4. The second-order valence-electron chi connectivity index (χ2n) is 2.90. The molecular weight excluding hydrogens is 221 g/mol. The molecule has 0 fully saturated rings. The first-order valence-corrected chi connectivity index (χ1v) is 3.97. The second kappa shape index (κ2) is 5.36. The van der Waals surface area contributed by atoms with Gasteiger partial charge in [-0.15, -0.1) is 12.4 Å². The Hall–Kier alpha value is -1.55. The van der Waals surface area contributed by atoms with Crippen molar-refractivity contribution in [1.29, 1.82) is 0 Å². The normalized spacial score (nSPS) is 10.7. The van der Waals surface area contributed by atoms with Crippen LogP contribution in [0.5, 0.6) is 0 Å². The molecule has 1 aromatic carbocycles. The minimum atomic E-state index is -1.06. The third kappa shape index (κ3) is 3.59. The Morgan fingerprint density at radius 1 is 1.53 bits per heavy atom. The van der Waals surface area contributed by atoms with Gasteiger partial charge in [0.2, 0.25) is 0 Å². The molecule has 0 saturated heterocycles. The monoisotopic (exact) mass is 231 g/mol. The third-order valence-electron chi connectivity index (χ3n) is 1.80. The number of anilines is 1. The van der Waals surface area contributed by atoms with Crippen LogP contribution >= 0.6 is 12.4 Å². The van der Waals surface area contributed by atoms with E-state index in [4.69, 9.17) is 10.8 Å². The summed E-state index contributed by atoms with van der Waals surface area (Å²) in [6, 6.07) is 4.20. The second-order valence-corrected chi connectivity index (χ2v) is 2.90. The Bertz CT molecular complexity index is 404. The molecule has 1 aromatic rings. The summed E-state index contributed by atoms with van der Waals surface area (Å²) in [6.07, 6.45) is 1.02. The lowest BCUT2D eigenvalue weighted by Crippen LogP contribution is -1.93. The maximum absolute atomic E-state index is 13.0. The van der Waals surface area contributed by atoms with Crippen molar-refractivity contribution >= 4 is 29.6 Å². The van der Waals surface area contributed by atoms with E-state index in [-0.39, 0.29) is 18.1 Å². The van der Waals surface area contributed by atoms with Crippen LogP contribution in [0.4, 0.5) is 10.1 Å². The topological polar surface area (TPSA) is 63.3 Å². The van der Waals surface area contributed by atoms with E-state index in [9.17, 15) is 9.18 Å². The standard InChI is InChI=1S/C10H10FNO2.ClH/c1-6(4-10(13)14)7-2-3-9(12)8(11)5-7;/h2-5H,12H2,1H3,(H,13,14);1H/b6-4-;. The number of carboxylic acids is 1. The van der Waals surface area contributed by atoms with Crippen LogP contribution in [0.15, 0.2) is 24.3 Å². The smallest absolute Gasteiger partial charge is 0.328 e. The minimum absolute atomic E-state index is 0. The first-order valence-electron chi connectivity index (χ1n) is 3.97. The predicted octanol–water partition coefficient (Wildman–Crippen LogP) is 2.32. The largest absolute Gasteiger partial charge is 0.478 e. The lowest BCUT2D eigenvalue weighted by Gasteiger charge is -2.02. The van der Waals surface area contributed by atoms with Gasteiger partial charge in [0.15, 0.2) is 0 Å². The van der Waals surface area contributed by atoms with Crippen LogP contribution < -0.4 is 5.73 Å². The van der Waals surface area contributed by atoms with Crippen molar-refractivity contribution in [2.24, 2.45) is 0 Å². The molecule has 0 unspecified atom stereocenters. The van der Waals surface area contributed by atoms with Crippen molar-refractivity contribution in [3.8, 4) is 0 Å². The number of nitrogens with two attached hydrogens (primary N) is 1. The maximum Gasteiger partial charge on any atom is 0.328 e. The number of allylic oxidation sites excluding steroid dienone is 1. The van der Waals surface area contributed by atoms with Gasteiger partial charge in [-0.1, -0.05) is 6.07 Å². The van der Waals surface area contributed by atoms with E-state index in [1.165, 1.54) is 12.1 Å². The number of carboxylic acid groups (broad SMARTS) is 1. The summed E-state index contributed by atoms with van der Waals surface area (Å²) < 4.78 is 13.0. The zero-order chi connectivity index (χ0) is 10.7. The summed E-state index contributed by atoms with van der Waals surface area (Å²) in [5, 5.41) is 8.47. The summed E-state index contributed by atoms with van der Waals surface area (Å²) in [4.78, 5) is 10.3. The summed E-state index contributed by atoms with van der Waals surface area (Å²) in [5.74, 6) is -1.60. The molecule has 0 aromatic heterocycles. The van der Waals surface area contributed by atoms with Crippen LogP contribution in [0.3, 0.4) is 0 Å². The van der Waals surface area contributed by atoms with E-state index in [0.29, 0.717) is 11.1 Å². The highest BCUT2D eigenvalue weighted by Crippen LogP contribution is 2.18. The van der Waals surface area contributed by atoms with Gasteiger partial charge in [0, 0.05) is 6.08 Å². The first-order chi connectivity index (χ1) is 6.50. The minimum Gasteiger partial charge on any atom is -0.478 e. The lowest BCUT2D eigenvalue weighted by molar-refractivity contribution is -0.131. The fraction of sp³-hybridized carbons (Fsp3) is 0.100. The van der Waals surface area contributed by atoms with E-state index in [1.54, 1.807) is 13.0 Å². The molecule has 0 saturated carbocycles. The lowest BCUT2D eigenvalue weighted by atomic mass is 10.1. The van der Waals surface area contributed by atoms with Crippen LogP contribution in [0.2, 0.25) is 0 Å². The van der Waals surface area contributed by atoms with Gasteiger partial charge in [-0.25, -0.2) is 9.18 Å². The Morgan fingerprint density at radius 2 is 2.13 bits per heavy atom. The number of halogens is 2. The summed E-state index contributed by atoms with van der Waals surface area (Å²) in [5.41, 5.74) is 6.33. The number of carbonyl (C=O) groups is 1. The van der Waals surface area contributed by atoms with E-state index in [1.807, 2.05) is 0 Å². The summed E-state index contributed by atoms with van der Waals surface area (Å²) in [6.45, 7) is 1.60. The Kier molecular flexibility index (Phi) is 4.81. The molecule has 0 amide bonds. The van der Waals surface area contributed by atoms with Crippen LogP contribution in [-0.2, 0) is 4.79 Å². The van der Waals surface area contributed by atoms with Crippen molar-refractivity contribution < 1.29 is 14.3 Å². The Morgan fingerprint density at radius 3 is 2.60 bits per heavy atom. The molecule has 1 rings (SSSR count). The van der Waals surface area contributed by atoms with Crippen molar-refractivity contribution in [3.63, 3.8) is 0 Å². The van der Waals surface area contributed by atoms with E-state index >= 15 is 0 Å². The van der Waals surface area contributed by atoms with Crippen molar-refractivity contribution in [2.45, 2.75) is 6.92 Å². The molecule has 3 nitrogen and oxygen atoms in total. The molecule has 0 aliphatic carbocycles. The number of aliphatic carboxylic acids is 1. The van der Waals surface area contributed by atoms with Gasteiger partial charge >= 0.3 is 5.97 Å². The molecular formula is C10H11ClFNO2. The highest BCUT2D eigenvalue weighted by atomic mass is 35.5. The quantitative estimate of drug-likeness (QED) is 0.607. The molecule has 0 aliphatic rings. The fourth-order valence-electron chi connectivity index (χ4n) is 1.04. The highest BCUT2D eigenvalue weighted by molar-refractivity contribution is 5.89. The van der Waals surface area contributed by atoms with E-state index < -0.39 is 11.8 Å². The number of nitrogen functional groups attached to an aromatic ring is 1. The van der Waals surface area contributed by atoms with Crippen LogP contribution in [-0.4, -0.2) is 11.1 Å². The average molecular weight is 232 g/mol. The molecule has 0 atom stereocenters. The molecule has 5 heteroatoms. The van der Waals surface area contributed by atoms with Gasteiger partial charge in [0.1, 0.15) is 5.82 Å². The average Bonchev–Trinajstić information content (AvgIpc) is 2.08. The molecule has 3 N–H and O–H groups in total. The SMILES string of the molecule is C/C(=C/C(=O)O)c1ccc(N)c(F)c1.Cl. The third-order valence-corrected chi connectivity index (χ3v) is 1.80. The fourth-order valence-corrected chi connectivity index (χ4v) is 1.04. The molecule has 0 aliphatic heterocycles. The molecule has 15 heavy (non-hydrogen) atoms. The number of hydrogen-bond donors (Lipinski definition) is 2. The van der Waals surface area contributed by atoms with E-state index in [2.05, 4.69) is 0 Å². The number of rotatable bonds is 2. The predicted molar refractivity (Wildman–Crippen MR) is 59.3 cm³/mol. The van der Waals surface area contributed by atoms with Crippen molar-refractivity contribution in [1.82, 2.24) is 0 Å². The van der Waals surface area contributed by atoms with E-state index in [0.717, 1.165) is 6.08 Å². The molecule has 0 heterocycles. The number of benzene rings is 1. The van der Waals surface area contributed by atoms with Crippen LogP contribution in [0.25, 0.3) is 5.57 Å². The highest BCUT2D eigenvalue weighted by Gasteiger charge is 2.02. The van der Waals surface area contributed by atoms with Crippen LogP contribution in [0, 0.1) is 5.82 Å². The van der Waals surface area contributed by atoms with Gasteiger partial charge in [0.25, 0.3) is 0 Å². The maximum atomic E-state index is 13.0. The Balaban J connectivity index is 0.00000196. The molecule has 0 bridgehead atoms. The molecule has 0 radical (unpaired) electrons. The van der Waals surface area contributed by atoms with Gasteiger partial charge in [-0.3, -0.25) is 0 Å². The molecule has 82 valence electrons. The van der Waals surface area contributed by atoms with Crippen LogP contribution in [0.1, 0.15) is 12.5 Å². The van der Waals surface area contributed by atoms with Gasteiger partial charge in [-0.05, 0) is 30.2 Å². The Labute approximate surface area is 92.8 Å². The van der Waals surface area contributed by atoms with Gasteiger partial charge in [-0.2, -0.15) is 0 Å². The zero-order valence-electron chi connectivity index (χ0n) is 8.03. The van der Waals surface area contributed by atoms with Crippen molar-refractivity contribution in [3.05, 3.63) is 35.7 Å². The summed E-state index contributed by atoms with van der Waals surface area (Å²) >= 11 is 0. The van der Waals surface area contributed by atoms with Crippen molar-refractivity contribution in [2.75, 3.05) is 5.73 Å². The van der Waals surface area contributed by atoms with Gasteiger partial charge < -0.3 is 10.8 Å². The molecule has 0 spiro atoms.